The average molecular weight is 317 g/mol. The summed E-state index contributed by atoms with van der Waals surface area (Å²) in [5.41, 5.74) is -0.504. The molecule has 0 heterocycles. The summed E-state index contributed by atoms with van der Waals surface area (Å²) in [5, 5.41) is 9.14. The van der Waals surface area contributed by atoms with E-state index in [1.54, 1.807) is 33.1 Å². The van der Waals surface area contributed by atoms with Gasteiger partial charge in [0.2, 0.25) is 10.0 Å². The standard InChI is InChI=1S/C14H23NO5S/c1-14(2,11-16)10-15-21(17,18)13-6-4-12(5-7-13)20-9-8-19-3/h4-7,15-16H,8-11H2,1-3H3. The van der Waals surface area contributed by atoms with Crippen LogP contribution in [0.3, 0.4) is 0 Å². The van der Waals surface area contributed by atoms with E-state index < -0.39 is 15.4 Å². The SMILES string of the molecule is COCCOc1ccc(S(=O)(=O)NCC(C)(C)CO)cc1. The normalized spacial score (nSPS) is 12.4. The van der Waals surface area contributed by atoms with Crippen molar-refractivity contribution in [3.63, 3.8) is 0 Å². The van der Waals surface area contributed by atoms with Crippen molar-refractivity contribution >= 4 is 10.0 Å². The first-order valence-corrected chi connectivity index (χ1v) is 8.11. The third-order valence-electron chi connectivity index (χ3n) is 2.86. The Morgan fingerprint density at radius 1 is 1.19 bits per heavy atom. The number of ether oxygens (including phenoxy) is 2. The molecule has 7 heteroatoms. The summed E-state index contributed by atoms with van der Waals surface area (Å²) >= 11 is 0. The minimum atomic E-state index is -3.59. The number of nitrogens with one attached hydrogen (secondary N) is 1. The van der Waals surface area contributed by atoms with Crippen LogP contribution >= 0.6 is 0 Å². The molecule has 120 valence electrons. The first kappa shape index (κ1) is 17.9. The first-order chi connectivity index (χ1) is 9.80. The van der Waals surface area contributed by atoms with E-state index in [9.17, 15) is 8.42 Å². The van der Waals surface area contributed by atoms with Crippen LogP contribution in [0.15, 0.2) is 29.2 Å². The molecule has 1 aromatic rings. The summed E-state index contributed by atoms with van der Waals surface area (Å²) in [6, 6.07) is 6.16. The van der Waals surface area contributed by atoms with Gasteiger partial charge in [0.1, 0.15) is 12.4 Å². The maximum Gasteiger partial charge on any atom is 0.240 e. The van der Waals surface area contributed by atoms with Gasteiger partial charge in [-0.25, -0.2) is 13.1 Å². The number of hydrogen-bond donors (Lipinski definition) is 2. The topological polar surface area (TPSA) is 84.9 Å². The minimum absolute atomic E-state index is 0.0954. The summed E-state index contributed by atoms with van der Waals surface area (Å²) < 4.78 is 37.0. The van der Waals surface area contributed by atoms with E-state index >= 15 is 0 Å². The minimum Gasteiger partial charge on any atom is -0.491 e. The Labute approximate surface area is 126 Å². The highest BCUT2D eigenvalue weighted by atomic mass is 32.2. The molecule has 0 amide bonds. The molecular formula is C14H23NO5S. The Kier molecular flexibility index (Phi) is 6.60. The Morgan fingerprint density at radius 3 is 2.33 bits per heavy atom. The van der Waals surface area contributed by atoms with Crippen molar-refractivity contribution in [3.05, 3.63) is 24.3 Å². The number of benzene rings is 1. The maximum absolute atomic E-state index is 12.1. The lowest BCUT2D eigenvalue weighted by atomic mass is 9.96. The van der Waals surface area contributed by atoms with Crippen LogP contribution in [0.25, 0.3) is 0 Å². The van der Waals surface area contributed by atoms with Crippen molar-refractivity contribution in [2.45, 2.75) is 18.7 Å². The summed E-state index contributed by atoms with van der Waals surface area (Å²) in [5.74, 6) is 0.585. The molecule has 0 atom stereocenters. The zero-order valence-electron chi connectivity index (χ0n) is 12.6. The van der Waals surface area contributed by atoms with Gasteiger partial charge in [-0.15, -0.1) is 0 Å². The summed E-state index contributed by atoms with van der Waals surface area (Å²) in [4.78, 5) is 0.162. The maximum atomic E-state index is 12.1. The molecule has 0 saturated heterocycles. The van der Waals surface area contributed by atoms with Gasteiger partial charge in [0, 0.05) is 25.7 Å². The molecular weight excluding hydrogens is 294 g/mol. The molecule has 0 fully saturated rings. The van der Waals surface area contributed by atoms with Crippen LogP contribution in [-0.4, -0.2) is 47.0 Å². The van der Waals surface area contributed by atoms with Crippen LogP contribution in [0.2, 0.25) is 0 Å². The number of sulfonamides is 1. The van der Waals surface area contributed by atoms with Gasteiger partial charge in [-0.3, -0.25) is 0 Å². The molecule has 21 heavy (non-hydrogen) atoms. The molecule has 1 rings (SSSR count). The summed E-state index contributed by atoms with van der Waals surface area (Å²) in [6.45, 7) is 4.51. The Morgan fingerprint density at radius 2 is 1.81 bits per heavy atom. The molecule has 0 aromatic heterocycles. The van der Waals surface area contributed by atoms with Gasteiger partial charge in [0.05, 0.1) is 11.5 Å². The van der Waals surface area contributed by atoms with Crippen LogP contribution < -0.4 is 9.46 Å². The molecule has 0 saturated carbocycles. The molecule has 0 radical (unpaired) electrons. The predicted molar refractivity (Wildman–Crippen MR) is 79.9 cm³/mol. The van der Waals surface area contributed by atoms with Crippen molar-refractivity contribution < 1.29 is 23.0 Å². The van der Waals surface area contributed by atoms with Gasteiger partial charge < -0.3 is 14.6 Å². The van der Waals surface area contributed by atoms with Crippen LogP contribution in [0.5, 0.6) is 5.75 Å². The van der Waals surface area contributed by atoms with Gasteiger partial charge in [-0.2, -0.15) is 0 Å². The highest BCUT2D eigenvalue weighted by Gasteiger charge is 2.21. The Balaban J connectivity index is 2.67. The predicted octanol–water partition coefficient (Wildman–Crippen LogP) is 1.01. The molecule has 0 unspecified atom stereocenters. The molecule has 0 aliphatic carbocycles. The van der Waals surface area contributed by atoms with E-state index in [4.69, 9.17) is 14.6 Å². The molecule has 1 aromatic carbocycles. The third kappa shape index (κ3) is 6.01. The fourth-order valence-electron chi connectivity index (χ4n) is 1.39. The van der Waals surface area contributed by atoms with E-state index in [1.165, 1.54) is 12.1 Å². The van der Waals surface area contributed by atoms with Gasteiger partial charge >= 0.3 is 0 Å². The van der Waals surface area contributed by atoms with Crippen LogP contribution in [-0.2, 0) is 14.8 Å². The van der Waals surface area contributed by atoms with E-state index in [0.717, 1.165) is 0 Å². The highest BCUT2D eigenvalue weighted by molar-refractivity contribution is 7.89. The lowest BCUT2D eigenvalue weighted by molar-refractivity contribution is 0.146. The third-order valence-corrected chi connectivity index (χ3v) is 4.28. The monoisotopic (exact) mass is 317 g/mol. The van der Waals surface area contributed by atoms with Crippen molar-refractivity contribution in [2.75, 3.05) is 33.5 Å². The molecule has 0 bridgehead atoms. The molecule has 0 aliphatic rings. The Hall–Kier alpha value is -1.15. The van der Waals surface area contributed by atoms with Crippen molar-refractivity contribution in [1.29, 1.82) is 0 Å². The molecule has 2 N–H and O–H groups in total. The van der Waals surface area contributed by atoms with Crippen molar-refractivity contribution in [2.24, 2.45) is 5.41 Å². The lowest BCUT2D eigenvalue weighted by Crippen LogP contribution is -2.36. The highest BCUT2D eigenvalue weighted by Crippen LogP contribution is 2.17. The fourth-order valence-corrected chi connectivity index (χ4v) is 2.63. The second kappa shape index (κ2) is 7.74. The number of methoxy groups -OCH3 is 1. The van der Waals surface area contributed by atoms with Crippen LogP contribution in [0.1, 0.15) is 13.8 Å². The van der Waals surface area contributed by atoms with Crippen LogP contribution in [0, 0.1) is 5.41 Å². The number of rotatable bonds is 9. The van der Waals surface area contributed by atoms with Crippen LogP contribution in [0.4, 0.5) is 0 Å². The number of aliphatic hydroxyl groups excluding tert-OH is 1. The molecule has 0 aliphatic heterocycles. The largest absolute Gasteiger partial charge is 0.491 e. The first-order valence-electron chi connectivity index (χ1n) is 6.63. The van der Waals surface area contributed by atoms with Gasteiger partial charge in [-0.1, -0.05) is 13.8 Å². The molecule has 0 spiro atoms. The summed E-state index contributed by atoms with van der Waals surface area (Å²) in [7, 11) is -2.00. The van der Waals surface area contributed by atoms with Crippen molar-refractivity contribution in [3.8, 4) is 5.75 Å². The van der Waals surface area contributed by atoms with Gasteiger partial charge in [-0.05, 0) is 24.3 Å². The van der Waals surface area contributed by atoms with Gasteiger partial charge in [0.25, 0.3) is 0 Å². The number of aliphatic hydroxyl groups is 1. The smallest absolute Gasteiger partial charge is 0.240 e. The second-order valence-corrected chi connectivity index (χ2v) is 7.23. The second-order valence-electron chi connectivity index (χ2n) is 5.46. The summed E-state index contributed by atoms with van der Waals surface area (Å²) in [6.07, 6.45) is 0. The van der Waals surface area contributed by atoms with E-state index in [2.05, 4.69) is 4.72 Å². The number of hydrogen-bond acceptors (Lipinski definition) is 5. The zero-order valence-corrected chi connectivity index (χ0v) is 13.4. The average Bonchev–Trinajstić information content (AvgIpc) is 2.46. The Bertz CT molecular complexity index is 525. The van der Waals surface area contributed by atoms with Crippen molar-refractivity contribution in [1.82, 2.24) is 4.72 Å². The van der Waals surface area contributed by atoms with Gasteiger partial charge in [0.15, 0.2) is 0 Å². The van der Waals surface area contributed by atoms with E-state index in [-0.39, 0.29) is 18.0 Å². The quantitative estimate of drug-likeness (QED) is 0.664. The lowest BCUT2D eigenvalue weighted by Gasteiger charge is -2.21. The zero-order chi connectivity index (χ0) is 15.9. The van der Waals surface area contributed by atoms with E-state index in [0.29, 0.717) is 19.0 Å². The molecule has 6 nitrogen and oxygen atoms in total. The fraction of sp³-hybridized carbons (Fsp3) is 0.571. The van der Waals surface area contributed by atoms with E-state index in [1.807, 2.05) is 0 Å².